The van der Waals surface area contributed by atoms with Crippen LogP contribution >= 0.6 is 15.9 Å². The molecule has 0 radical (unpaired) electrons. The Morgan fingerprint density at radius 2 is 2.25 bits per heavy atom. The predicted octanol–water partition coefficient (Wildman–Crippen LogP) is 3.51. The summed E-state index contributed by atoms with van der Waals surface area (Å²) < 4.78 is 12.0. The van der Waals surface area contributed by atoms with Gasteiger partial charge in [-0.1, -0.05) is 13.8 Å². The summed E-state index contributed by atoms with van der Waals surface area (Å²) in [6, 6.07) is 2.05. The molecular formula is C12H20BrNO2. The maximum atomic E-state index is 5.58. The van der Waals surface area contributed by atoms with Gasteiger partial charge in [-0.15, -0.1) is 0 Å². The second-order valence-electron chi connectivity index (χ2n) is 3.71. The van der Waals surface area contributed by atoms with Gasteiger partial charge in [0, 0.05) is 6.61 Å². The maximum Gasteiger partial charge on any atom is 0.137 e. The summed E-state index contributed by atoms with van der Waals surface area (Å²) in [5, 5.41) is 3.42. The van der Waals surface area contributed by atoms with Crippen molar-refractivity contribution in [1.29, 1.82) is 0 Å². The lowest BCUT2D eigenvalue weighted by atomic mass is 10.2. The lowest BCUT2D eigenvalue weighted by Gasteiger charge is -2.16. The highest BCUT2D eigenvalue weighted by molar-refractivity contribution is 9.10. The quantitative estimate of drug-likeness (QED) is 0.744. The summed E-state index contributed by atoms with van der Waals surface area (Å²) in [4.78, 5) is 0. The van der Waals surface area contributed by atoms with Crippen LogP contribution in [0.15, 0.2) is 21.2 Å². The third-order valence-electron chi connectivity index (χ3n) is 2.23. The number of hydrogen-bond acceptors (Lipinski definition) is 3. The van der Waals surface area contributed by atoms with Crippen molar-refractivity contribution >= 4 is 15.9 Å². The lowest BCUT2D eigenvalue weighted by molar-refractivity contribution is 0.105. The number of ether oxygens (including phenoxy) is 1. The van der Waals surface area contributed by atoms with E-state index in [9.17, 15) is 0 Å². The minimum atomic E-state index is 0.135. The zero-order chi connectivity index (χ0) is 11.8. The lowest BCUT2D eigenvalue weighted by Crippen LogP contribution is -2.26. The van der Waals surface area contributed by atoms with Gasteiger partial charge < -0.3 is 14.5 Å². The van der Waals surface area contributed by atoms with Crippen LogP contribution in [0.5, 0.6) is 0 Å². The van der Waals surface area contributed by atoms with Gasteiger partial charge in [-0.3, -0.25) is 0 Å². The molecule has 0 amide bonds. The van der Waals surface area contributed by atoms with Crippen LogP contribution in [-0.2, 0) is 4.74 Å². The Morgan fingerprint density at radius 1 is 1.44 bits per heavy atom. The molecule has 0 aliphatic rings. The fraction of sp³-hybridized carbons (Fsp3) is 0.667. The number of rotatable bonds is 8. The van der Waals surface area contributed by atoms with Crippen LogP contribution in [0.4, 0.5) is 0 Å². The highest BCUT2D eigenvalue weighted by Gasteiger charge is 2.17. The third-order valence-corrected chi connectivity index (χ3v) is 2.89. The van der Waals surface area contributed by atoms with Gasteiger partial charge in [0.15, 0.2) is 0 Å². The van der Waals surface area contributed by atoms with Gasteiger partial charge in [0.05, 0.1) is 23.4 Å². The standard InChI is InChI=1S/C12H20BrNO2/c1-3-6-14-11(9-15-7-4-2)12-10(13)5-8-16-12/h5,8,11,14H,3-4,6-7,9H2,1-2H3. The van der Waals surface area contributed by atoms with E-state index in [0.717, 1.165) is 36.2 Å². The zero-order valence-corrected chi connectivity index (χ0v) is 11.5. The van der Waals surface area contributed by atoms with Crippen molar-refractivity contribution in [3.05, 3.63) is 22.6 Å². The fourth-order valence-corrected chi connectivity index (χ4v) is 1.92. The van der Waals surface area contributed by atoms with Gasteiger partial charge >= 0.3 is 0 Å². The molecule has 1 rings (SSSR count). The van der Waals surface area contributed by atoms with E-state index >= 15 is 0 Å². The molecule has 0 aliphatic carbocycles. The Kier molecular flexibility index (Phi) is 6.76. The Balaban J connectivity index is 2.53. The molecule has 0 bridgehead atoms. The topological polar surface area (TPSA) is 34.4 Å². The molecule has 4 heteroatoms. The minimum absolute atomic E-state index is 0.135. The van der Waals surface area contributed by atoms with E-state index in [0.29, 0.717) is 6.61 Å². The van der Waals surface area contributed by atoms with E-state index < -0.39 is 0 Å². The van der Waals surface area contributed by atoms with Crippen molar-refractivity contribution in [3.8, 4) is 0 Å². The van der Waals surface area contributed by atoms with Crippen LogP contribution in [0, 0.1) is 0 Å². The van der Waals surface area contributed by atoms with Crippen molar-refractivity contribution in [2.75, 3.05) is 19.8 Å². The number of furan rings is 1. The van der Waals surface area contributed by atoms with E-state index in [-0.39, 0.29) is 6.04 Å². The van der Waals surface area contributed by atoms with Crippen molar-refractivity contribution in [2.24, 2.45) is 0 Å². The van der Waals surface area contributed by atoms with Crippen molar-refractivity contribution in [3.63, 3.8) is 0 Å². The summed E-state index contributed by atoms with van der Waals surface area (Å²) in [5.74, 6) is 0.921. The first-order valence-corrected chi connectivity index (χ1v) is 6.62. The van der Waals surface area contributed by atoms with E-state index in [1.165, 1.54) is 0 Å². The number of nitrogens with one attached hydrogen (secondary N) is 1. The molecule has 1 aromatic heterocycles. The first-order chi connectivity index (χ1) is 7.79. The summed E-state index contributed by atoms with van der Waals surface area (Å²) in [6.07, 6.45) is 3.84. The predicted molar refractivity (Wildman–Crippen MR) is 68.6 cm³/mol. The molecular weight excluding hydrogens is 270 g/mol. The average molecular weight is 290 g/mol. The highest BCUT2D eigenvalue weighted by atomic mass is 79.9. The van der Waals surface area contributed by atoms with Gasteiger partial charge in [-0.2, -0.15) is 0 Å². The van der Waals surface area contributed by atoms with E-state index in [4.69, 9.17) is 9.15 Å². The molecule has 0 spiro atoms. The van der Waals surface area contributed by atoms with E-state index in [1.807, 2.05) is 6.07 Å². The smallest absolute Gasteiger partial charge is 0.137 e. The average Bonchev–Trinajstić information content (AvgIpc) is 2.70. The molecule has 0 saturated heterocycles. The maximum absolute atomic E-state index is 5.58. The molecule has 16 heavy (non-hydrogen) atoms. The van der Waals surface area contributed by atoms with Crippen LogP contribution < -0.4 is 5.32 Å². The van der Waals surface area contributed by atoms with Crippen molar-refractivity contribution in [2.45, 2.75) is 32.7 Å². The van der Waals surface area contributed by atoms with E-state index in [1.54, 1.807) is 6.26 Å². The van der Waals surface area contributed by atoms with Crippen molar-refractivity contribution in [1.82, 2.24) is 5.32 Å². The summed E-state index contributed by atoms with van der Waals surface area (Å²) in [5.41, 5.74) is 0. The normalized spacial score (nSPS) is 12.9. The molecule has 0 aromatic carbocycles. The molecule has 1 aromatic rings. The van der Waals surface area contributed by atoms with E-state index in [2.05, 4.69) is 35.1 Å². The van der Waals surface area contributed by atoms with Gasteiger partial charge in [-0.25, -0.2) is 0 Å². The van der Waals surface area contributed by atoms with Crippen molar-refractivity contribution < 1.29 is 9.15 Å². The molecule has 1 heterocycles. The second-order valence-corrected chi connectivity index (χ2v) is 4.57. The van der Waals surface area contributed by atoms with Crippen LogP contribution in [0.3, 0.4) is 0 Å². The Bertz CT molecular complexity index is 288. The summed E-state index contributed by atoms with van der Waals surface area (Å²) in [6.45, 7) is 6.67. The van der Waals surface area contributed by atoms with Gasteiger partial charge in [0.25, 0.3) is 0 Å². The second kappa shape index (κ2) is 7.87. The van der Waals surface area contributed by atoms with Gasteiger partial charge in [-0.05, 0) is 41.4 Å². The molecule has 1 atom stereocenters. The molecule has 0 aliphatic heterocycles. The van der Waals surface area contributed by atoms with Crippen LogP contribution in [0.2, 0.25) is 0 Å². The molecule has 0 fully saturated rings. The minimum Gasteiger partial charge on any atom is -0.466 e. The Labute approximate surface area is 106 Å². The highest BCUT2D eigenvalue weighted by Crippen LogP contribution is 2.24. The Hall–Kier alpha value is -0.320. The first kappa shape index (κ1) is 13.7. The van der Waals surface area contributed by atoms with Crippen LogP contribution in [-0.4, -0.2) is 19.8 Å². The molecule has 1 unspecified atom stereocenters. The van der Waals surface area contributed by atoms with Gasteiger partial charge in [0.1, 0.15) is 5.76 Å². The molecule has 3 nitrogen and oxygen atoms in total. The Morgan fingerprint density at radius 3 is 2.81 bits per heavy atom. The third kappa shape index (κ3) is 4.28. The van der Waals surface area contributed by atoms with Crippen LogP contribution in [0.25, 0.3) is 0 Å². The molecule has 1 N–H and O–H groups in total. The number of hydrogen-bond donors (Lipinski definition) is 1. The fourth-order valence-electron chi connectivity index (χ4n) is 1.45. The summed E-state index contributed by atoms with van der Waals surface area (Å²) >= 11 is 3.48. The SMILES string of the molecule is CCCNC(COCCC)c1occc1Br. The largest absolute Gasteiger partial charge is 0.466 e. The zero-order valence-electron chi connectivity index (χ0n) is 9.96. The van der Waals surface area contributed by atoms with Crippen LogP contribution in [0.1, 0.15) is 38.5 Å². The monoisotopic (exact) mass is 289 g/mol. The number of halogens is 1. The molecule has 0 saturated carbocycles. The first-order valence-electron chi connectivity index (χ1n) is 5.83. The van der Waals surface area contributed by atoms with Gasteiger partial charge in [0.2, 0.25) is 0 Å². The molecule has 92 valence electrons. The summed E-state index contributed by atoms with van der Waals surface area (Å²) in [7, 11) is 0.